The van der Waals surface area contributed by atoms with E-state index in [4.69, 9.17) is 4.74 Å². The standard InChI is InChI=1S/C15H19NO2/c1-3-18-14(17)15(9-11-16(2)12-10-15)13-7-5-4-6-8-13/h4-9,11H,3,10,12H2,1-2H3/t15-/m0/s1. The average Bonchev–Trinajstić information content (AvgIpc) is 2.41. The van der Waals surface area contributed by atoms with Crippen LogP contribution < -0.4 is 0 Å². The molecule has 0 spiro atoms. The number of hydrogen-bond donors (Lipinski definition) is 0. The lowest BCUT2D eigenvalue weighted by molar-refractivity contribution is -0.148. The zero-order valence-corrected chi connectivity index (χ0v) is 10.9. The lowest BCUT2D eigenvalue weighted by atomic mass is 9.76. The fraction of sp³-hybridized carbons (Fsp3) is 0.400. The highest BCUT2D eigenvalue weighted by Crippen LogP contribution is 2.34. The van der Waals surface area contributed by atoms with Crippen molar-refractivity contribution in [1.29, 1.82) is 0 Å². The zero-order valence-electron chi connectivity index (χ0n) is 10.9. The van der Waals surface area contributed by atoms with Crippen molar-refractivity contribution in [3.05, 3.63) is 48.2 Å². The van der Waals surface area contributed by atoms with Crippen LogP contribution in [0.5, 0.6) is 0 Å². The van der Waals surface area contributed by atoms with E-state index in [1.807, 2.05) is 56.6 Å². The van der Waals surface area contributed by atoms with Gasteiger partial charge >= 0.3 is 5.97 Å². The maximum absolute atomic E-state index is 12.3. The van der Waals surface area contributed by atoms with Crippen LogP contribution in [-0.4, -0.2) is 31.1 Å². The number of carbonyl (C=O) groups excluding carboxylic acids is 1. The van der Waals surface area contributed by atoms with E-state index in [0.29, 0.717) is 6.61 Å². The first-order valence-corrected chi connectivity index (χ1v) is 6.31. The minimum atomic E-state index is -0.621. The van der Waals surface area contributed by atoms with Gasteiger partial charge in [-0.05, 0) is 31.2 Å². The zero-order chi connectivity index (χ0) is 13.0. The predicted molar refractivity (Wildman–Crippen MR) is 71.1 cm³/mol. The SMILES string of the molecule is CCOC(=O)[C@@]1(c2ccccc2)C=CN(C)CC1. The number of rotatable bonds is 3. The quantitative estimate of drug-likeness (QED) is 0.765. The summed E-state index contributed by atoms with van der Waals surface area (Å²) < 4.78 is 5.27. The first-order chi connectivity index (χ1) is 8.69. The molecule has 0 N–H and O–H groups in total. The average molecular weight is 245 g/mol. The molecule has 1 heterocycles. The second kappa shape index (κ2) is 5.25. The maximum Gasteiger partial charge on any atom is 0.320 e. The summed E-state index contributed by atoms with van der Waals surface area (Å²) in [5, 5.41) is 0. The monoisotopic (exact) mass is 245 g/mol. The maximum atomic E-state index is 12.3. The molecule has 0 aliphatic carbocycles. The Morgan fingerprint density at radius 3 is 2.67 bits per heavy atom. The predicted octanol–water partition coefficient (Wildman–Crippen LogP) is 2.34. The minimum absolute atomic E-state index is 0.152. The van der Waals surface area contributed by atoms with Crippen molar-refractivity contribution >= 4 is 5.97 Å². The van der Waals surface area contributed by atoms with Crippen LogP contribution in [0.25, 0.3) is 0 Å². The molecule has 0 fully saturated rings. The van der Waals surface area contributed by atoms with Gasteiger partial charge in [0, 0.05) is 13.6 Å². The molecule has 1 atom stereocenters. The van der Waals surface area contributed by atoms with Crippen LogP contribution in [0.15, 0.2) is 42.6 Å². The summed E-state index contributed by atoms with van der Waals surface area (Å²) in [5.74, 6) is -0.152. The van der Waals surface area contributed by atoms with E-state index < -0.39 is 5.41 Å². The third kappa shape index (κ3) is 2.26. The largest absolute Gasteiger partial charge is 0.465 e. The summed E-state index contributed by atoms with van der Waals surface area (Å²) in [6, 6.07) is 9.87. The van der Waals surface area contributed by atoms with Crippen molar-refractivity contribution in [2.24, 2.45) is 0 Å². The van der Waals surface area contributed by atoms with Crippen LogP contribution in [-0.2, 0) is 14.9 Å². The normalized spacial score (nSPS) is 22.9. The lowest BCUT2D eigenvalue weighted by Crippen LogP contribution is -2.41. The van der Waals surface area contributed by atoms with Crippen LogP contribution in [0.2, 0.25) is 0 Å². The Morgan fingerprint density at radius 1 is 1.39 bits per heavy atom. The van der Waals surface area contributed by atoms with Crippen LogP contribution in [0.1, 0.15) is 18.9 Å². The summed E-state index contributed by atoms with van der Waals surface area (Å²) in [4.78, 5) is 14.4. The molecule has 0 saturated carbocycles. The number of carbonyl (C=O) groups is 1. The van der Waals surface area contributed by atoms with Gasteiger partial charge in [-0.3, -0.25) is 4.79 Å². The first-order valence-electron chi connectivity index (χ1n) is 6.31. The molecule has 2 rings (SSSR count). The topological polar surface area (TPSA) is 29.5 Å². The Labute approximate surface area is 108 Å². The van der Waals surface area contributed by atoms with Gasteiger partial charge in [0.25, 0.3) is 0 Å². The molecule has 18 heavy (non-hydrogen) atoms. The van der Waals surface area contributed by atoms with E-state index in [1.165, 1.54) is 0 Å². The fourth-order valence-electron chi connectivity index (χ4n) is 2.29. The van der Waals surface area contributed by atoms with Crippen molar-refractivity contribution < 1.29 is 9.53 Å². The van der Waals surface area contributed by atoms with E-state index in [1.54, 1.807) is 0 Å². The third-order valence-corrected chi connectivity index (χ3v) is 3.40. The first kappa shape index (κ1) is 12.7. The second-order valence-electron chi connectivity index (χ2n) is 4.60. The highest BCUT2D eigenvalue weighted by molar-refractivity contribution is 5.86. The molecule has 96 valence electrons. The summed E-state index contributed by atoms with van der Waals surface area (Å²) in [7, 11) is 2.01. The molecular formula is C15H19NO2. The van der Waals surface area contributed by atoms with Crippen molar-refractivity contribution in [2.45, 2.75) is 18.8 Å². The minimum Gasteiger partial charge on any atom is -0.465 e. The molecule has 1 aromatic carbocycles. The van der Waals surface area contributed by atoms with E-state index >= 15 is 0 Å². The van der Waals surface area contributed by atoms with Crippen LogP contribution in [0.4, 0.5) is 0 Å². The van der Waals surface area contributed by atoms with E-state index in [0.717, 1.165) is 18.5 Å². The molecule has 0 radical (unpaired) electrons. The third-order valence-electron chi connectivity index (χ3n) is 3.40. The fourth-order valence-corrected chi connectivity index (χ4v) is 2.29. The number of esters is 1. The Kier molecular flexibility index (Phi) is 3.70. The molecule has 0 aromatic heterocycles. The Bertz CT molecular complexity index is 441. The molecule has 1 aliphatic heterocycles. The number of benzene rings is 1. The summed E-state index contributed by atoms with van der Waals surface area (Å²) in [5.41, 5.74) is 0.386. The summed E-state index contributed by atoms with van der Waals surface area (Å²) in [6.07, 6.45) is 4.68. The molecule has 3 heteroatoms. The van der Waals surface area contributed by atoms with Crippen molar-refractivity contribution in [1.82, 2.24) is 4.90 Å². The summed E-state index contributed by atoms with van der Waals surface area (Å²) in [6.45, 7) is 3.11. The number of ether oxygens (including phenoxy) is 1. The van der Waals surface area contributed by atoms with Gasteiger partial charge in [-0.15, -0.1) is 0 Å². The van der Waals surface area contributed by atoms with Crippen molar-refractivity contribution in [3.63, 3.8) is 0 Å². The van der Waals surface area contributed by atoms with Gasteiger partial charge in [-0.25, -0.2) is 0 Å². The molecule has 0 amide bonds. The molecule has 0 bridgehead atoms. The number of nitrogens with zero attached hydrogens (tertiary/aromatic N) is 1. The van der Waals surface area contributed by atoms with Gasteiger partial charge in [-0.1, -0.05) is 30.3 Å². The van der Waals surface area contributed by atoms with Crippen LogP contribution in [0.3, 0.4) is 0 Å². The summed E-state index contributed by atoms with van der Waals surface area (Å²) >= 11 is 0. The Hall–Kier alpha value is -1.77. The smallest absolute Gasteiger partial charge is 0.320 e. The Balaban J connectivity index is 2.41. The highest BCUT2D eigenvalue weighted by atomic mass is 16.5. The molecule has 3 nitrogen and oxygen atoms in total. The van der Waals surface area contributed by atoms with Gasteiger partial charge in [0.1, 0.15) is 5.41 Å². The molecule has 0 unspecified atom stereocenters. The lowest BCUT2D eigenvalue weighted by Gasteiger charge is -2.34. The van der Waals surface area contributed by atoms with E-state index in [-0.39, 0.29) is 5.97 Å². The van der Waals surface area contributed by atoms with E-state index in [2.05, 4.69) is 4.90 Å². The molecular weight excluding hydrogens is 226 g/mol. The molecule has 0 saturated heterocycles. The van der Waals surface area contributed by atoms with E-state index in [9.17, 15) is 4.79 Å². The van der Waals surface area contributed by atoms with Gasteiger partial charge in [0.15, 0.2) is 0 Å². The van der Waals surface area contributed by atoms with Gasteiger partial charge in [0.2, 0.25) is 0 Å². The second-order valence-corrected chi connectivity index (χ2v) is 4.60. The van der Waals surface area contributed by atoms with Gasteiger partial charge in [-0.2, -0.15) is 0 Å². The number of hydrogen-bond acceptors (Lipinski definition) is 3. The van der Waals surface area contributed by atoms with Gasteiger partial charge in [0.05, 0.1) is 6.61 Å². The van der Waals surface area contributed by atoms with Gasteiger partial charge < -0.3 is 9.64 Å². The van der Waals surface area contributed by atoms with Crippen LogP contribution in [0, 0.1) is 0 Å². The molecule has 1 aliphatic rings. The van der Waals surface area contributed by atoms with Crippen LogP contribution >= 0.6 is 0 Å². The Morgan fingerprint density at radius 2 is 2.11 bits per heavy atom. The van der Waals surface area contributed by atoms with Crippen molar-refractivity contribution in [3.8, 4) is 0 Å². The van der Waals surface area contributed by atoms with Crippen molar-refractivity contribution in [2.75, 3.05) is 20.2 Å². The highest BCUT2D eigenvalue weighted by Gasteiger charge is 2.40. The molecule has 1 aromatic rings.